The molecule has 1 aromatic heterocycles. The molecule has 2 aromatic rings. The normalized spacial score (nSPS) is 15.3. The summed E-state index contributed by atoms with van der Waals surface area (Å²) in [6.07, 6.45) is -2.49. The molecule has 1 aliphatic rings. The summed E-state index contributed by atoms with van der Waals surface area (Å²) in [6, 6.07) is 3.31. The number of nitriles is 1. The molecular formula is C18H15Cl2F3N6O. The molecule has 0 aliphatic heterocycles. The number of alkyl halides is 3. The fourth-order valence-corrected chi connectivity index (χ4v) is 3.70. The van der Waals surface area contributed by atoms with E-state index in [4.69, 9.17) is 28.9 Å². The number of amides is 1. The number of carbonyl (C=O) groups is 1. The van der Waals surface area contributed by atoms with Crippen molar-refractivity contribution in [1.82, 2.24) is 14.7 Å². The van der Waals surface area contributed by atoms with Crippen LogP contribution in [-0.4, -0.2) is 41.0 Å². The molecule has 158 valence electrons. The first-order valence-electron chi connectivity index (χ1n) is 8.53. The highest BCUT2D eigenvalue weighted by Gasteiger charge is 2.54. The number of primary amides is 1. The van der Waals surface area contributed by atoms with E-state index >= 15 is 0 Å². The van der Waals surface area contributed by atoms with Crippen molar-refractivity contribution in [2.75, 3.05) is 14.1 Å². The molecule has 0 radical (unpaired) electrons. The summed E-state index contributed by atoms with van der Waals surface area (Å²) in [6.45, 7) is 0. The smallest absolute Gasteiger partial charge is 0.369 e. The lowest BCUT2D eigenvalue weighted by Gasteiger charge is -2.15. The van der Waals surface area contributed by atoms with Crippen LogP contribution in [0.5, 0.6) is 0 Å². The number of rotatable bonds is 5. The molecule has 1 aromatic carbocycles. The molecule has 7 nitrogen and oxygen atoms in total. The van der Waals surface area contributed by atoms with Gasteiger partial charge in [-0.2, -0.15) is 23.5 Å². The van der Waals surface area contributed by atoms with Gasteiger partial charge in [0, 0.05) is 14.1 Å². The Morgan fingerprint density at radius 3 is 2.33 bits per heavy atom. The molecule has 30 heavy (non-hydrogen) atoms. The quantitative estimate of drug-likeness (QED) is 0.543. The largest absolute Gasteiger partial charge is 0.416 e. The maximum atomic E-state index is 13.1. The Morgan fingerprint density at radius 2 is 1.93 bits per heavy atom. The lowest BCUT2D eigenvalue weighted by atomic mass is 9.95. The van der Waals surface area contributed by atoms with E-state index in [9.17, 15) is 23.2 Å². The number of hydrogen-bond acceptors (Lipinski definition) is 4. The zero-order chi connectivity index (χ0) is 22.4. The topological polar surface area (TPSA) is 100 Å². The summed E-state index contributed by atoms with van der Waals surface area (Å²) in [5.41, 5.74) is 3.36. The van der Waals surface area contributed by atoms with E-state index < -0.39 is 23.1 Å². The second kappa shape index (κ2) is 7.49. The Bertz CT molecular complexity index is 1070. The van der Waals surface area contributed by atoms with E-state index in [1.807, 2.05) is 6.07 Å². The lowest BCUT2D eigenvalue weighted by molar-refractivity contribution is -0.137. The Labute approximate surface area is 179 Å². The summed E-state index contributed by atoms with van der Waals surface area (Å²) in [7, 11) is 3.38. The first-order valence-corrected chi connectivity index (χ1v) is 9.28. The molecule has 3 rings (SSSR count). The maximum absolute atomic E-state index is 13.1. The van der Waals surface area contributed by atoms with Gasteiger partial charge in [0.05, 0.1) is 32.9 Å². The van der Waals surface area contributed by atoms with Gasteiger partial charge in [0.1, 0.15) is 11.8 Å². The van der Waals surface area contributed by atoms with Crippen molar-refractivity contribution in [3.05, 3.63) is 39.0 Å². The number of aromatic nitrogens is 2. The van der Waals surface area contributed by atoms with Gasteiger partial charge in [0.15, 0.2) is 11.5 Å². The molecule has 2 N–H and O–H groups in total. The van der Waals surface area contributed by atoms with Crippen LogP contribution in [-0.2, 0) is 16.4 Å². The Kier molecular flexibility index (Phi) is 5.47. The van der Waals surface area contributed by atoms with E-state index in [2.05, 4.69) is 10.1 Å². The van der Waals surface area contributed by atoms with Crippen LogP contribution >= 0.6 is 23.2 Å². The molecule has 0 spiro atoms. The predicted molar refractivity (Wildman–Crippen MR) is 105 cm³/mol. The van der Waals surface area contributed by atoms with Crippen LogP contribution < -0.4 is 5.73 Å². The van der Waals surface area contributed by atoms with Crippen LogP contribution in [0.1, 0.15) is 29.7 Å². The minimum atomic E-state index is -4.66. The highest BCUT2D eigenvalue weighted by Crippen LogP contribution is 2.53. The van der Waals surface area contributed by atoms with Gasteiger partial charge >= 0.3 is 6.18 Å². The van der Waals surface area contributed by atoms with Crippen LogP contribution in [0.25, 0.3) is 5.69 Å². The molecule has 0 unspecified atom stereocenters. The average molecular weight is 459 g/mol. The van der Waals surface area contributed by atoms with Crippen LogP contribution in [0.3, 0.4) is 0 Å². The minimum absolute atomic E-state index is 0.0418. The third-order valence-electron chi connectivity index (χ3n) is 4.63. The van der Waals surface area contributed by atoms with Gasteiger partial charge in [0.2, 0.25) is 5.91 Å². The standard InChI is InChI=1S/C18H15Cl2F3N6O/c1-28(2)8-26-15-13(17(3-4-17)16(25)30)12(7-24)27-29(15)14-10(19)5-9(6-11(14)20)18(21,22)23/h5-6,8H,3-4H2,1-2H3,(H2,25,30). The van der Waals surface area contributed by atoms with Crippen molar-refractivity contribution in [2.24, 2.45) is 10.7 Å². The summed E-state index contributed by atoms with van der Waals surface area (Å²) < 4.78 is 40.3. The van der Waals surface area contributed by atoms with Crippen LogP contribution in [0, 0.1) is 11.3 Å². The number of carbonyl (C=O) groups excluding carboxylic acids is 1. The van der Waals surface area contributed by atoms with Crippen molar-refractivity contribution >= 4 is 41.3 Å². The van der Waals surface area contributed by atoms with Gasteiger partial charge in [-0.3, -0.25) is 4.79 Å². The molecular weight excluding hydrogens is 444 g/mol. The summed E-state index contributed by atoms with van der Waals surface area (Å²) in [4.78, 5) is 18.0. The van der Waals surface area contributed by atoms with Crippen LogP contribution in [0.15, 0.2) is 17.1 Å². The highest BCUT2D eigenvalue weighted by atomic mass is 35.5. The van der Waals surface area contributed by atoms with Gasteiger partial charge in [-0.25, -0.2) is 9.67 Å². The molecule has 1 amide bonds. The van der Waals surface area contributed by atoms with Crippen molar-refractivity contribution in [3.8, 4) is 11.8 Å². The third kappa shape index (κ3) is 3.70. The van der Waals surface area contributed by atoms with E-state index in [-0.39, 0.29) is 32.8 Å². The molecule has 1 aliphatic carbocycles. The molecule has 12 heteroatoms. The van der Waals surface area contributed by atoms with Gasteiger partial charge in [0.25, 0.3) is 0 Å². The Morgan fingerprint density at radius 1 is 1.37 bits per heavy atom. The first-order chi connectivity index (χ1) is 13.9. The fraction of sp³-hybridized carbons (Fsp3) is 0.333. The van der Waals surface area contributed by atoms with E-state index in [1.165, 1.54) is 6.34 Å². The molecule has 0 bridgehead atoms. The van der Waals surface area contributed by atoms with Gasteiger partial charge in [-0.1, -0.05) is 23.2 Å². The zero-order valence-electron chi connectivity index (χ0n) is 15.8. The summed E-state index contributed by atoms with van der Waals surface area (Å²) in [5, 5.41) is 13.0. The number of nitrogens with zero attached hydrogens (tertiary/aromatic N) is 5. The molecule has 1 heterocycles. The van der Waals surface area contributed by atoms with E-state index in [0.29, 0.717) is 25.0 Å². The van der Waals surface area contributed by atoms with Crippen LogP contribution in [0.2, 0.25) is 10.0 Å². The SMILES string of the molecule is CN(C)C=Nc1c(C2(C(N)=O)CC2)c(C#N)nn1-c1c(Cl)cc(C(F)(F)F)cc1Cl. The monoisotopic (exact) mass is 458 g/mol. The van der Waals surface area contributed by atoms with Crippen molar-refractivity contribution in [3.63, 3.8) is 0 Å². The second-order valence-corrected chi connectivity index (χ2v) is 7.83. The van der Waals surface area contributed by atoms with Gasteiger partial charge in [-0.15, -0.1) is 0 Å². The minimum Gasteiger partial charge on any atom is -0.369 e. The van der Waals surface area contributed by atoms with E-state index in [0.717, 1.165) is 4.68 Å². The predicted octanol–water partition coefficient (Wildman–Crippen LogP) is 3.81. The molecule has 0 atom stereocenters. The zero-order valence-corrected chi connectivity index (χ0v) is 17.3. The maximum Gasteiger partial charge on any atom is 0.416 e. The molecule has 1 fully saturated rings. The van der Waals surface area contributed by atoms with Crippen molar-refractivity contribution < 1.29 is 18.0 Å². The Hall–Kier alpha value is -2.77. The first kappa shape index (κ1) is 21.9. The number of hydrogen-bond donors (Lipinski definition) is 1. The van der Waals surface area contributed by atoms with Crippen molar-refractivity contribution in [1.29, 1.82) is 5.26 Å². The average Bonchev–Trinajstić information content (AvgIpc) is 3.35. The summed E-state index contributed by atoms with van der Waals surface area (Å²) >= 11 is 12.3. The van der Waals surface area contributed by atoms with Crippen molar-refractivity contribution in [2.45, 2.75) is 24.4 Å². The second-order valence-electron chi connectivity index (χ2n) is 7.01. The van der Waals surface area contributed by atoms with Crippen LogP contribution in [0.4, 0.5) is 19.0 Å². The highest BCUT2D eigenvalue weighted by molar-refractivity contribution is 6.38. The Balaban J connectivity index is 2.33. The summed E-state index contributed by atoms with van der Waals surface area (Å²) in [5.74, 6) is -0.607. The number of benzene rings is 1. The fourth-order valence-electron chi connectivity index (χ4n) is 3.05. The lowest BCUT2D eigenvalue weighted by Crippen LogP contribution is -2.29. The number of nitrogens with two attached hydrogens (primary N) is 1. The van der Waals surface area contributed by atoms with Gasteiger partial charge < -0.3 is 10.6 Å². The number of aliphatic imine (C=N–C) groups is 1. The van der Waals surface area contributed by atoms with Gasteiger partial charge in [-0.05, 0) is 25.0 Å². The van der Waals surface area contributed by atoms with E-state index in [1.54, 1.807) is 19.0 Å². The third-order valence-corrected chi connectivity index (χ3v) is 5.21. The molecule has 1 saturated carbocycles. The number of halogens is 5. The molecule has 0 saturated heterocycles.